The Hall–Kier alpha value is -0.960. The van der Waals surface area contributed by atoms with Crippen molar-refractivity contribution in [2.45, 2.75) is 37.3 Å². The zero-order valence-electron chi connectivity index (χ0n) is 9.50. The molecule has 0 aliphatic rings. The molecule has 0 saturated heterocycles. The third kappa shape index (κ3) is 2.99. The third-order valence-electron chi connectivity index (χ3n) is 2.37. The van der Waals surface area contributed by atoms with E-state index in [1.165, 1.54) is 22.9 Å². The van der Waals surface area contributed by atoms with E-state index in [4.69, 9.17) is 5.11 Å². The van der Waals surface area contributed by atoms with Crippen molar-refractivity contribution in [2.24, 2.45) is 0 Å². The number of thioether (sulfide) groups is 1. The lowest BCUT2D eigenvalue weighted by molar-refractivity contribution is -0.138. The molecule has 0 radical (unpaired) electrons. The van der Waals surface area contributed by atoms with Gasteiger partial charge in [0.1, 0.15) is 4.75 Å². The van der Waals surface area contributed by atoms with Crippen molar-refractivity contribution in [3.63, 3.8) is 0 Å². The van der Waals surface area contributed by atoms with Gasteiger partial charge < -0.3 is 5.11 Å². The normalized spacial score (nSPS) is 11.5. The van der Waals surface area contributed by atoms with E-state index in [1.807, 2.05) is 32.0 Å². The van der Waals surface area contributed by atoms with E-state index >= 15 is 0 Å². The van der Waals surface area contributed by atoms with E-state index in [0.29, 0.717) is 0 Å². The first-order valence-corrected chi connectivity index (χ1v) is 5.64. The molecule has 3 heteroatoms. The van der Waals surface area contributed by atoms with Crippen LogP contribution in [-0.2, 0) is 4.79 Å². The number of rotatable bonds is 3. The topological polar surface area (TPSA) is 37.3 Å². The molecule has 1 rings (SSSR count). The first-order valence-electron chi connectivity index (χ1n) is 4.82. The predicted molar refractivity (Wildman–Crippen MR) is 63.5 cm³/mol. The van der Waals surface area contributed by atoms with Gasteiger partial charge in [-0.15, -0.1) is 11.8 Å². The second kappa shape index (κ2) is 4.27. The quantitative estimate of drug-likeness (QED) is 0.801. The summed E-state index contributed by atoms with van der Waals surface area (Å²) in [6.07, 6.45) is 0. The highest BCUT2D eigenvalue weighted by molar-refractivity contribution is 8.01. The number of hydrogen-bond acceptors (Lipinski definition) is 2. The van der Waals surface area contributed by atoms with Crippen LogP contribution in [0.5, 0.6) is 0 Å². The summed E-state index contributed by atoms with van der Waals surface area (Å²) >= 11 is 1.38. The minimum atomic E-state index is -0.786. The van der Waals surface area contributed by atoms with Crippen molar-refractivity contribution in [1.29, 1.82) is 0 Å². The lowest BCUT2D eigenvalue weighted by Crippen LogP contribution is -2.26. The molecule has 0 aliphatic heterocycles. The van der Waals surface area contributed by atoms with E-state index < -0.39 is 10.7 Å². The molecule has 0 unspecified atom stereocenters. The monoisotopic (exact) mass is 224 g/mol. The number of benzene rings is 1. The van der Waals surface area contributed by atoms with Gasteiger partial charge in [-0.05, 0) is 51.0 Å². The average molecular weight is 224 g/mol. The van der Waals surface area contributed by atoms with Gasteiger partial charge in [0.15, 0.2) is 0 Å². The van der Waals surface area contributed by atoms with Crippen LogP contribution in [0.3, 0.4) is 0 Å². The van der Waals surface area contributed by atoms with Crippen LogP contribution in [0.4, 0.5) is 0 Å². The molecule has 0 saturated carbocycles. The van der Waals surface area contributed by atoms with E-state index in [0.717, 1.165) is 4.90 Å². The molecular weight excluding hydrogens is 208 g/mol. The first-order chi connectivity index (χ1) is 6.83. The van der Waals surface area contributed by atoms with Gasteiger partial charge >= 0.3 is 5.97 Å². The summed E-state index contributed by atoms with van der Waals surface area (Å²) in [6, 6.07) is 6.03. The van der Waals surface area contributed by atoms with E-state index in [1.54, 1.807) is 13.8 Å². The molecule has 1 aromatic rings. The van der Waals surface area contributed by atoms with Crippen molar-refractivity contribution < 1.29 is 9.90 Å². The largest absolute Gasteiger partial charge is 0.480 e. The Morgan fingerprint density at radius 2 is 1.87 bits per heavy atom. The maximum absolute atomic E-state index is 11.0. The fourth-order valence-corrected chi connectivity index (χ4v) is 2.16. The highest BCUT2D eigenvalue weighted by Gasteiger charge is 2.28. The summed E-state index contributed by atoms with van der Waals surface area (Å²) < 4.78 is -0.776. The third-order valence-corrected chi connectivity index (χ3v) is 3.54. The van der Waals surface area contributed by atoms with E-state index in [2.05, 4.69) is 0 Å². The van der Waals surface area contributed by atoms with E-state index in [9.17, 15) is 4.79 Å². The van der Waals surface area contributed by atoms with Gasteiger partial charge in [0.25, 0.3) is 0 Å². The summed E-state index contributed by atoms with van der Waals surface area (Å²) in [5, 5.41) is 9.01. The smallest absolute Gasteiger partial charge is 0.319 e. The average Bonchev–Trinajstić information content (AvgIpc) is 2.10. The second-order valence-corrected chi connectivity index (χ2v) is 5.86. The standard InChI is InChI=1S/C12H16O2S/c1-8-5-6-10(7-9(8)2)15-12(3,4)11(13)14/h5-7H,1-4H3,(H,13,14). The lowest BCUT2D eigenvalue weighted by Gasteiger charge is -2.18. The molecule has 0 bridgehead atoms. The van der Waals surface area contributed by atoms with Crippen LogP contribution >= 0.6 is 11.8 Å². The van der Waals surface area contributed by atoms with Crippen molar-refractivity contribution in [1.82, 2.24) is 0 Å². The molecule has 0 atom stereocenters. The molecule has 1 aromatic carbocycles. The van der Waals surface area contributed by atoms with Gasteiger partial charge in [0.2, 0.25) is 0 Å². The number of carboxylic acid groups (broad SMARTS) is 1. The summed E-state index contributed by atoms with van der Waals surface area (Å²) in [7, 11) is 0. The predicted octanol–water partition coefficient (Wildman–Crippen LogP) is 3.26. The van der Waals surface area contributed by atoms with Gasteiger partial charge in [-0.1, -0.05) is 6.07 Å². The Morgan fingerprint density at radius 3 is 2.33 bits per heavy atom. The van der Waals surface area contributed by atoms with Crippen LogP contribution in [0.15, 0.2) is 23.1 Å². The second-order valence-electron chi connectivity index (χ2n) is 4.16. The van der Waals surface area contributed by atoms with Crippen LogP contribution in [0, 0.1) is 13.8 Å². The Balaban J connectivity index is 2.91. The summed E-state index contributed by atoms with van der Waals surface area (Å²) in [4.78, 5) is 12.0. The summed E-state index contributed by atoms with van der Waals surface area (Å²) in [5.74, 6) is -0.786. The molecule has 0 aliphatic carbocycles. The maximum atomic E-state index is 11.0. The number of carbonyl (C=O) groups is 1. The van der Waals surface area contributed by atoms with Crippen LogP contribution in [-0.4, -0.2) is 15.8 Å². The summed E-state index contributed by atoms with van der Waals surface area (Å²) in [6.45, 7) is 7.52. The molecule has 1 N–H and O–H groups in total. The van der Waals surface area contributed by atoms with Crippen molar-refractivity contribution in [3.8, 4) is 0 Å². The van der Waals surface area contributed by atoms with E-state index in [-0.39, 0.29) is 0 Å². The fraction of sp³-hybridized carbons (Fsp3) is 0.417. The molecule has 0 heterocycles. The van der Waals surface area contributed by atoms with Gasteiger partial charge in [-0.3, -0.25) is 4.79 Å². The highest BCUT2D eigenvalue weighted by Crippen LogP contribution is 2.33. The van der Waals surface area contributed by atoms with Gasteiger partial charge in [-0.25, -0.2) is 0 Å². The summed E-state index contributed by atoms with van der Waals surface area (Å²) in [5.41, 5.74) is 2.42. The Bertz CT molecular complexity index is 383. The zero-order valence-corrected chi connectivity index (χ0v) is 10.3. The van der Waals surface area contributed by atoms with Crippen molar-refractivity contribution >= 4 is 17.7 Å². The lowest BCUT2D eigenvalue weighted by atomic mass is 10.1. The van der Waals surface area contributed by atoms with Crippen molar-refractivity contribution in [3.05, 3.63) is 29.3 Å². The molecule has 0 aromatic heterocycles. The molecule has 2 nitrogen and oxygen atoms in total. The minimum absolute atomic E-state index is 0.776. The zero-order chi connectivity index (χ0) is 11.6. The fourth-order valence-electron chi connectivity index (χ4n) is 1.12. The number of aryl methyl sites for hydroxylation is 2. The Labute approximate surface area is 94.7 Å². The molecule has 82 valence electrons. The SMILES string of the molecule is Cc1ccc(SC(C)(C)C(=O)O)cc1C. The van der Waals surface area contributed by atoms with Crippen LogP contribution < -0.4 is 0 Å². The molecular formula is C12H16O2S. The molecule has 15 heavy (non-hydrogen) atoms. The van der Waals surface area contributed by atoms with Gasteiger partial charge in [0, 0.05) is 4.90 Å². The van der Waals surface area contributed by atoms with Crippen LogP contribution in [0.25, 0.3) is 0 Å². The Morgan fingerprint density at radius 1 is 1.27 bits per heavy atom. The molecule has 0 fully saturated rings. The Kier molecular flexibility index (Phi) is 3.45. The molecule has 0 spiro atoms. The maximum Gasteiger partial charge on any atom is 0.319 e. The molecule has 0 amide bonds. The number of aliphatic carboxylic acids is 1. The van der Waals surface area contributed by atoms with Crippen molar-refractivity contribution in [2.75, 3.05) is 0 Å². The van der Waals surface area contributed by atoms with Crippen LogP contribution in [0.1, 0.15) is 25.0 Å². The highest BCUT2D eigenvalue weighted by atomic mass is 32.2. The van der Waals surface area contributed by atoms with Gasteiger partial charge in [-0.2, -0.15) is 0 Å². The van der Waals surface area contributed by atoms with Crippen LogP contribution in [0.2, 0.25) is 0 Å². The number of carboxylic acids is 1. The first kappa shape index (κ1) is 12.1. The minimum Gasteiger partial charge on any atom is -0.480 e. The number of hydrogen-bond donors (Lipinski definition) is 1. The van der Waals surface area contributed by atoms with Gasteiger partial charge in [0.05, 0.1) is 0 Å².